The Morgan fingerprint density at radius 2 is 2.19 bits per heavy atom. The third-order valence-corrected chi connectivity index (χ3v) is 3.07. The first kappa shape index (κ1) is 13.5. The topological polar surface area (TPSA) is 24.9 Å². The van der Waals surface area contributed by atoms with Crippen LogP contribution in [0.4, 0.5) is 0 Å². The first-order valence-corrected chi connectivity index (χ1v) is 6.42. The number of pyridine rings is 1. The van der Waals surface area contributed by atoms with Crippen LogP contribution < -0.4 is 5.32 Å². The van der Waals surface area contributed by atoms with E-state index in [1.165, 1.54) is 18.4 Å². The minimum absolute atomic E-state index is 0.331. The molecule has 0 aliphatic rings. The quantitative estimate of drug-likeness (QED) is 0.762. The van der Waals surface area contributed by atoms with E-state index in [1.807, 2.05) is 12.1 Å². The molecule has 2 atom stereocenters. The Balaban J connectivity index is 2.60. The molecule has 0 aliphatic heterocycles. The summed E-state index contributed by atoms with van der Waals surface area (Å²) in [7, 11) is 0. The molecule has 0 saturated heterocycles. The second-order valence-corrected chi connectivity index (χ2v) is 4.58. The molecule has 90 valence electrons. The number of nitrogens with one attached hydrogen (secondary N) is 1. The van der Waals surface area contributed by atoms with Crippen LogP contribution in [-0.2, 0) is 0 Å². The van der Waals surface area contributed by atoms with Crippen molar-refractivity contribution < 1.29 is 0 Å². The molecule has 1 rings (SSSR count). The van der Waals surface area contributed by atoms with Crippen LogP contribution in [0.15, 0.2) is 18.3 Å². The largest absolute Gasteiger partial charge is 0.307 e. The summed E-state index contributed by atoms with van der Waals surface area (Å²) < 4.78 is 0. The highest BCUT2D eigenvalue weighted by molar-refractivity contribution is 6.29. The SMILES string of the molecule is CCCC(CC)NC(C)c1ccnc(Cl)c1. The van der Waals surface area contributed by atoms with Gasteiger partial charge in [-0.3, -0.25) is 0 Å². The van der Waals surface area contributed by atoms with Gasteiger partial charge in [0.25, 0.3) is 0 Å². The van der Waals surface area contributed by atoms with Crippen LogP contribution in [0.3, 0.4) is 0 Å². The van der Waals surface area contributed by atoms with Gasteiger partial charge in [-0.2, -0.15) is 0 Å². The Morgan fingerprint density at radius 3 is 2.75 bits per heavy atom. The summed E-state index contributed by atoms with van der Waals surface area (Å²) >= 11 is 5.88. The third kappa shape index (κ3) is 4.11. The molecule has 0 radical (unpaired) electrons. The fourth-order valence-corrected chi connectivity index (χ4v) is 2.07. The van der Waals surface area contributed by atoms with Crippen molar-refractivity contribution in [2.45, 2.75) is 52.1 Å². The first-order chi connectivity index (χ1) is 7.67. The average Bonchev–Trinajstić information content (AvgIpc) is 2.28. The summed E-state index contributed by atoms with van der Waals surface area (Å²) in [4.78, 5) is 4.00. The molecule has 0 spiro atoms. The van der Waals surface area contributed by atoms with Gasteiger partial charge in [0, 0.05) is 18.3 Å². The fraction of sp³-hybridized carbons (Fsp3) is 0.615. The van der Waals surface area contributed by atoms with E-state index in [9.17, 15) is 0 Å². The Morgan fingerprint density at radius 1 is 1.44 bits per heavy atom. The Bertz CT molecular complexity index is 315. The standard InChI is InChI=1S/C13H21ClN2/c1-4-6-12(5-2)16-10(3)11-7-8-15-13(14)9-11/h7-10,12,16H,4-6H2,1-3H3. The van der Waals surface area contributed by atoms with E-state index in [0.717, 1.165) is 6.42 Å². The second kappa shape index (κ2) is 6.87. The zero-order chi connectivity index (χ0) is 12.0. The van der Waals surface area contributed by atoms with Crippen LogP contribution in [0.5, 0.6) is 0 Å². The molecule has 1 aromatic rings. The van der Waals surface area contributed by atoms with Crippen LogP contribution in [0.2, 0.25) is 5.15 Å². The summed E-state index contributed by atoms with van der Waals surface area (Å²) in [6.45, 7) is 6.61. The highest BCUT2D eigenvalue weighted by Gasteiger charge is 2.11. The summed E-state index contributed by atoms with van der Waals surface area (Å²) in [5.74, 6) is 0. The van der Waals surface area contributed by atoms with Gasteiger partial charge < -0.3 is 5.32 Å². The van der Waals surface area contributed by atoms with Crippen LogP contribution in [-0.4, -0.2) is 11.0 Å². The normalized spacial score (nSPS) is 14.8. The minimum Gasteiger partial charge on any atom is -0.307 e. The zero-order valence-electron chi connectivity index (χ0n) is 10.3. The highest BCUT2D eigenvalue weighted by atomic mass is 35.5. The smallest absolute Gasteiger partial charge is 0.129 e. The number of hydrogen-bond donors (Lipinski definition) is 1. The minimum atomic E-state index is 0.331. The molecule has 1 aromatic heterocycles. The average molecular weight is 241 g/mol. The number of halogens is 1. The molecule has 0 aliphatic carbocycles. The van der Waals surface area contributed by atoms with Crippen molar-refractivity contribution in [1.82, 2.24) is 10.3 Å². The molecule has 2 nitrogen and oxygen atoms in total. The van der Waals surface area contributed by atoms with Gasteiger partial charge in [0.2, 0.25) is 0 Å². The molecule has 0 amide bonds. The summed E-state index contributed by atoms with van der Waals surface area (Å²) in [6, 6.07) is 4.86. The summed E-state index contributed by atoms with van der Waals surface area (Å²) in [6.07, 6.45) is 5.36. The van der Waals surface area contributed by atoms with E-state index in [-0.39, 0.29) is 0 Å². The zero-order valence-corrected chi connectivity index (χ0v) is 11.1. The van der Waals surface area contributed by atoms with Gasteiger partial charge in [-0.15, -0.1) is 0 Å². The lowest BCUT2D eigenvalue weighted by Gasteiger charge is -2.22. The van der Waals surface area contributed by atoms with E-state index in [2.05, 4.69) is 31.1 Å². The van der Waals surface area contributed by atoms with Crippen molar-refractivity contribution >= 4 is 11.6 Å². The lowest BCUT2D eigenvalue weighted by Crippen LogP contribution is -2.30. The van der Waals surface area contributed by atoms with Crippen molar-refractivity contribution in [3.63, 3.8) is 0 Å². The molecule has 0 fully saturated rings. The predicted octanol–water partition coefficient (Wildman–Crippen LogP) is 3.96. The monoisotopic (exact) mass is 240 g/mol. The van der Waals surface area contributed by atoms with Crippen LogP contribution >= 0.6 is 11.6 Å². The second-order valence-electron chi connectivity index (χ2n) is 4.19. The summed E-state index contributed by atoms with van der Waals surface area (Å²) in [5, 5.41) is 4.19. The number of rotatable bonds is 6. The molecule has 3 heteroatoms. The molecular weight excluding hydrogens is 220 g/mol. The highest BCUT2D eigenvalue weighted by Crippen LogP contribution is 2.17. The van der Waals surface area contributed by atoms with Gasteiger partial charge in [0.15, 0.2) is 0 Å². The van der Waals surface area contributed by atoms with Crippen molar-refractivity contribution in [3.05, 3.63) is 29.0 Å². The molecule has 16 heavy (non-hydrogen) atoms. The maximum atomic E-state index is 5.88. The van der Waals surface area contributed by atoms with Gasteiger partial charge in [-0.25, -0.2) is 4.98 Å². The number of aromatic nitrogens is 1. The predicted molar refractivity (Wildman–Crippen MR) is 69.8 cm³/mol. The van der Waals surface area contributed by atoms with E-state index in [1.54, 1.807) is 6.20 Å². The maximum Gasteiger partial charge on any atom is 0.129 e. The van der Waals surface area contributed by atoms with Gasteiger partial charge >= 0.3 is 0 Å². The Kier molecular flexibility index (Phi) is 5.78. The van der Waals surface area contributed by atoms with E-state index in [0.29, 0.717) is 17.2 Å². The fourth-order valence-electron chi connectivity index (χ4n) is 1.89. The molecular formula is C13H21ClN2. The maximum absolute atomic E-state index is 5.88. The Labute approximate surface area is 103 Å². The van der Waals surface area contributed by atoms with E-state index < -0.39 is 0 Å². The summed E-state index contributed by atoms with van der Waals surface area (Å²) in [5.41, 5.74) is 1.20. The van der Waals surface area contributed by atoms with E-state index >= 15 is 0 Å². The lowest BCUT2D eigenvalue weighted by molar-refractivity contribution is 0.417. The Hall–Kier alpha value is -0.600. The van der Waals surface area contributed by atoms with Gasteiger partial charge in [0.05, 0.1) is 0 Å². The molecule has 0 aromatic carbocycles. The molecule has 1 N–H and O–H groups in total. The molecule has 1 heterocycles. The van der Waals surface area contributed by atoms with Crippen molar-refractivity contribution in [1.29, 1.82) is 0 Å². The third-order valence-electron chi connectivity index (χ3n) is 2.87. The molecule has 2 unspecified atom stereocenters. The van der Waals surface area contributed by atoms with Gasteiger partial charge in [0.1, 0.15) is 5.15 Å². The number of hydrogen-bond acceptors (Lipinski definition) is 2. The molecule has 0 bridgehead atoms. The van der Waals surface area contributed by atoms with Crippen LogP contribution in [0, 0.1) is 0 Å². The molecule has 0 saturated carbocycles. The van der Waals surface area contributed by atoms with E-state index in [4.69, 9.17) is 11.6 Å². The van der Waals surface area contributed by atoms with Crippen LogP contribution in [0.25, 0.3) is 0 Å². The van der Waals surface area contributed by atoms with Gasteiger partial charge in [-0.1, -0.05) is 31.9 Å². The van der Waals surface area contributed by atoms with Crippen molar-refractivity contribution in [3.8, 4) is 0 Å². The number of nitrogens with zero attached hydrogens (tertiary/aromatic N) is 1. The first-order valence-electron chi connectivity index (χ1n) is 6.04. The van der Waals surface area contributed by atoms with Crippen molar-refractivity contribution in [2.75, 3.05) is 0 Å². The van der Waals surface area contributed by atoms with Crippen molar-refractivity contribution in [2.24, 2.45) is 0 Å². The van der Waals surface area contributed by atoms with Gasteiger partial charge in [-0.05, 0) is 37.5 Å². The van der Waals surface area contributed by atoms with Crippen LogP contribution in [0.1, 0.15) is 51.6 Å². The lowest BCUT2D eigenvalue weighted by atomic mass is 10.1.